The molecule has 2 heterocycles. The second kappa shape index (κ2) is 11.6. The first-order chi connectivity index (χ1) is 19.0. The van der Waals surface area contributed by atoms with Crippen molar-refractivity contribution in [2.75, 3.05) is 0 Å². The summed E-state index contributed by atoms with van der Waals surface area (Å²) in [6.07, 6.45) is 2.15. The Hall–Kier alpha value is -4.92. The van der Waals surface area contributed by atoms with Crippen molar-refractivity contribution < 1.29 is 14.6 Å². The SMILES string of the molecule is CCCc1nc(C)c(Cc2cccc(C(=O)O)c2)c(OCc2ccc(-c3ccccc3-c3nn[nH]n3)cc2)n1. The minimum absolute atomic E-state index is 0.247. The minimum Gasteiger partial charge on any atom is -0.478 e. The fourth-order valence-electron chi connectivity index (χ4n) is 4.44. The van der Waals surface area contributed by atoms with Crippen LogP contribution < -0.4 is 4.74 Å². The van der Waals surface area contributed by atoms with Gasteiger partial charge in [-0.2, -0.15) is 10.2 Å². The average Bonchev–Trinajstić information content (AvgIpc) is 3.49. The molecule has 0 unspecified atom stereocenters. The van der Waals surface area contributed by atoms with Crippen LogP contribution in [0.5, 0.6) is 5.88 Å². The fraction of sp³-hybridized carbons (Fsp3) is 0.200. The van der Waals surface area contributed by atoms with E-state index in [4.69, 9.17) is 9.72 Å². The Bertz CT molecular complexity index is 1580. The molecule has 0 amide bonds. The third-order valence-electron chi connectivity index (χ3n) is 6.40. The molecule has 0 radical (unpaired) electrons. The van der Waals surface area contributed by atoms with Crippen LogP contribution in [-0.4, -0.2) is 41.7 Å². The van der Waals surface area contributed by atoms with E-state index in [1.807, 2.05) is 61.5 Å². The van der Waals surface area contributed by atoms with Gasteiger partial charge in [0.25, 0.3) is 0 Å². The molecule has 2 N–H and O–H groups in total. The van der Waals surface area contributed by atoms with Crippen LogP contribution >= 0.6 is 0 Å². The van der Waals surface area contributed by atoms with Gasteiger partial charge in [0, 0.05) is 29.7 Å². The lowest BCUT2D eigenvalue weighted by Gasteiger charge is -2.15. The van der Waals surface area contributed by atoms with E-state index < -0.39 is 5.97 Å². The predicted molar refractivity (Wildman–Crippen MR) is 146 cm³/mol. The van der Waals surface area contributed by atoms with E-state index in [9.17, 15) is 9.90 Å². The number of tetrazole rings is 1. The van der Waals surface area contributed by atoms with Crippen LogP contribution in [0.25, 0.3) is 22.5 Å². The van der Waals surface area contributed by atoms with E-state index in [1.54, 1.807) is 18.2 Å². The number of hydrogen-bond acceptors (Lipinski definition) is 7. The zero-order chi connectivity index (χ0) is 27.2. The molecule has 0 aliphatic carbocycles. The van der Waals surface area contributed by atoms with Crippen molar-refractivity contribution in [1.82, 2.24) is 30.6 Å². The summed E-state index contributed by atoms with van der Waals surface area (Å²) >= 11 is 0. The average molecular weight is 521 g/mol. The maximum absolute atomic E-state index is 11.4. The van der Waals surface area contributed by atoms with Crippen LogP contribution in [0.1, 0.15) is 51.9 Å². The number of nitrogens with one attached hydrogen (secondary N) is 1. The van der Waals surface area contributed by atoms with Gasteiger partial charge in [-0.05, 0) is 52.9 Å². The van der Waals surface area contributed by atoms with Crippen molar-refractivity contribution in [3.8, 4) is 28.4 Å². The first-order valence-corrected chi connectivity index (χ1v) is 12.8. The van der Waals surface area contributed by atoms with Gasteiger partial charge in [0.2, 0.25) is 11.7 Å². The lowest BCUT2D eigenvalue weighted by Crippen LogP contribution is -2.09. The first kappa shape index (κ1) is 25.7. The molecule has 0 aliphatic rings. The van der Waals surface area contributed by atoms with Gasteiger partial charge in [0.1, 0.15) is 12.4 Å². The van der Waals surface area contributed by atoms with Crippen molar-refractivity contribution >= 4 is 5.97 Å². The molecule has 5 aromatic rings. The summed E-state index contributed by atoms with van der Waals surface area (Å²) in [5, 5.41) is 23.8. The number of aromatic amines is 1. The molecule has 0 saturated carbocycles. The third kappa shape index (κ3) is 5.98. The van der Waals surface area contributed by atoms with Crippen molar-refractivity contribution in [2.45, 2.75) is 39.7 Å². The van der Waals surface area contributed by atoms with Crippen LogP contribution in [0, 0.1) is 6.92 Å². The van der Waals surface area contributed by atoms with Gasteiger partial charge in [-0.3, -0.25) is 0 Å². The molecule has 0 atom stereocenters. The molecule has 0 bridgehead atoms. The van der Waals surface area contributed by atoms with E-state index >= 15 is 0 Å². The molecule has 0 saturated heterocycles. The predicted octanol–water partition coefficient (Wildman–Crippen LogP) is 5.45. The highest BCUT2D eigenvalue weighted by molar-refractivity contribution is 5.87. The number of nitrogens with zero attached hydrogens (tertiary/aromatic N) is 5. The standard InChI is InChI=1S/C30H28N6O3/c1-3-7-27-31-19(2)26(17-21-8-6-9-23(16-21)30(37)38)29(32-27)39-18-20-12-14-22(15-13-20)24-10-4-5-11-25(24)28-33-35-36-34-28/h4-6,8-16H,3,7,17-18H2,1-2H3,(H,37,38)(H,33,34,35,36). The number of aromatic carboxylic acids is 1. The smallest absolute Gasteiger partial charge is 0.335 e. The molecule has 5 rings (SSSR count). The number of carboxylic acids is 1. The number of rotatable bonds is 10. The first-order valence-electron chi connectivity index (χ1n) is 12.8. The largest absolute Gasteiger partial charge is 0.478 e. The van der Waals surface area contributed by atoms with Gasteiger partial charge in [-0.1, -0.05) is 67.6 Å². The monoisotopic (exact) mass is 520 g/mol. The quantitative estimate of drug-likeness (QED) is 0.249. The zero-order valence-electron chi connectivity index (χ0n) is 21.8. The van der Waals surface area contributed by atoms with Crippen LogP contribution in [-0.2, 0) is 19.4 Å². The summed E-state index contributed by atoms with van der Waals surface area (Å²) in [5.74, 6) is 0.851. The number of hydrogen-bond donors (Lipinski definition) is 2. The van der Waals surface area contributed by atoms with Gasteiger partial charge < -0.3 is 9.84 Å². The number of benzene rings is 3. The van der Waals surface area contributed by atoms with Crippen molar-refractivity contribution in [3.05, 3.63) is 107 Å². The van der Waals surface area contributed by atoms with Crippen molar-refractivity contribution in [2.24, 2.45) is 0 Å². The summed E-state index contributed by atoms with van der Waals surface area (Å²) in [7, 11) is 0. The Morgan fingerprint density at radius 3 is 2.46 bits per heavy atom. The molecule has 0 aliphatic heterocycles. The molecular weight excluding hydrogens is 492 g/mol. The van der Waals surface area contributed by atoms with Crippen molar-refractivity contribution in [1.29, 1.82) is 0 Å². The lowest BCUT2D eigenvalue weighted by atomic mass is 9.98. The minimum atomic E-state index is -0.956. The Morgan fingerprint density at radius 2 is 1.74 bits per heavy atom. The van der Waals surface area contributed by atoms with Gasteiger partial charge in [0.05, 0.1) is 5.56 Å². The zero-order valence-corrected chi connectivity index (χ0v) is 21.8. The number of carbonyl (C=O) groups is 1. The van der Waals surface area contributed by atoms with Crippen LogP contribution in [0.4, 0.5) is 0 Å². The second-order valence-electron chi connectivity index (χ2n) is 9.21. The number of aryl methyl sites for hydroxylation is 2. The molecule has 39 heavy (non-hydrogen) atoms. The number of ether oxygens (including phenoxy) is 1. The lowest BCUT2D eigenvalue weighted by molar-refractivity contribution is 0.0696. The Morgan fingerprint density at radius 1 is 0.949 bits per heavy atom. The topological polar surface area (TPSA) is 127 Å². The summed E-state index contributed by atoms with van der Waals surface area (Å²) < 4.78 is 6.27. The van der Waals surface area contributed by atoms with E-state index in [-0.39, 0.29) is 5.56 Å². The Balaban J connectivity index is 1.38. The number of H-pyrrole nitrogens is 1. The van der Waals surface area contributed by atoms with E-state index in [1.165, 1.54) is 0 Å². The van der Waals surface area contributed by atoms with E-state index in [2.05, 4.69) is 32.5 Å². The van der Waals surface area contributed by atoms with Gasteiger partial charge in [0.15, 0.2) is 0 Å². The summed E-state index contributed by atoms with van der Waals surface area (Å²) in [6, 6.07) is 23.0. The third-order valence-corrected chi connectivity index (χ3v) is 6.40. The Kier molecular flexibility index (Phi) is 7.68. The van der Waals surface area contributed by atoms with Crippen LogP contribution in [0.3, 0.4) is 0 Å². The molecule has 196 valence electrons. The second-order valence-corrected chi connectivity index (χ2v) is 9.21. The van der Waals surface area contributed by atoms with E-state index in [0.717, 1.165) is 57.7 Å². The fourth-order valence-corrected chi connectivity index (χ4v) is 4.44. The molecule has 9 heteroatoms. The van der Waals surface area contributed by atoms with E-state index in [0.29, 0.717) is 24.7 Å². The van der Waals surface area contributed by atoms with Crippen molar-refractivity contribution in [3.63, 3.8) is 0 Å². The number of aromatic nitrogens is 6. The molecule has 2 aromatic heterocycles. The molecule has 3 aromatic carbocycles. The number of carboxylic acid groups (broad SMARTS) is 1. The van der Waals surface area contributed by atoms with Gasteiger partial charge >= 0.3 is 5.97 Å². The highest BCUT2D eigenvalue weighted by atomic mass is 16.5. The summed E-state index contributed by atoms with van der Waals surface area (Å²) in [6.45, 7) is 4.36. The maximum atomic E-state index is 11.4. The molecular formula is C30H28N6O3. The van der Waals surface area contributed by atoms with Crippen LogP contribution in [0.15, 0.2) is 72.8 Å². The summed E-state index contributed by atoms with van der Waals surface area (Å²) in [5.41, 5.74) is 6.71. The Labute approximate surface area is 225 Å². The van der Waals surface area contributed by atoms with Crippen LogP contribution in [0.2, 0.25) is 0 Å². The molecule has 0 fully saturated rings. The summed E-state index contributed by atoms with van der Waals surface area (Å²) in [4.78, 5) is 20.9. The highest BCUT2D eigenvalue weighted by Gasteiger charge is 2.16. The highest BCUT2D eigenvalue weighted by Crippen LogP contribution is 2.30. The molecule has 9 nitrogen and oxygen atoms in total. The molecule has 0 spiro atoms. The van der Waals surface area contributed by atoms with Gasteiger partial charge in [-0.25, -0.2) is 9.78 Å². The van der Waals surface area contributed by atoms with Gasteiger partial charge in [-0.15, -0.1) is 10.2 Å². The normalized spacial score (nSPS) is 10.9. The maximum Gasteiger partial charge on any atom is 0.335 e.